The fourth-order valence-electron chi connectivity index (χ4n) is 1.74. The van der Waals surface area contributed by atoms with Crippen molar-refractivity contribution in [3.63, 3.8) is 0 Å². The SMILES string of the molecule is CN(C)c1cc(Cl)nc(SCC(=O)NCCc2ccccn2)n1. The molecule has 2 rings (SSSR count). The van der Waals surface area contributed by atoms with Gasteiger partial charge in [-0.05, 0) is 12.1 Å². The highest BCUT2D eigenvalue weighted by atomic mass is 35.5. The molecule has 0 unspecified atom stereocenters. The summed E-state index contributed by atoms with van der Waals surface area (Å²) in [5.41, 5.74) is 0.953. The van der Waals surface area contributed by atoms with Gasteiger partial charge in [0.1, 0.15) is 11.0 Å². The number of anilines is 1. The summed E-state index contributed by atoms with van der Waals surface area (Å²) in [4.78, 5) is 26.4. The molecule has 0 aliphatic rings. The molecule has 0 aliphatic heterocycles. The van der Waals surface area contributed by atoms with E-state index in [4.69, 9.17) is 11.6 Å². The van der Waals surface area contributed by atoms with E-state index in [2.05, 4.69) is 20.3 Å². The molecule has 122 valence electrons. The van der Waals surface area contributed by atoms with Crippen molar-refractivity contribution in [3.8, 4) is 0 Å². The van der Waals surface area contributed by atoms with Gasteiger partial charge >= 0.3 is 0 Å². The minimum absolute atomic E-state index is 0.0686. The maximum Gasteiger partial charge on any atom is 0.230 e. The van der Waals surface area contributed by atoms with Gasteiger partial charge in [0.25, 0.3) is 0 Å². The van der Waals surface area contributed by atoms with Gasteiger partial charge in [-0.2, -0.15) is 0 Å². The number of pyridine rings is 1. The van der Waals surface area contributed by atoms with Crippen molar-refractivity contribution in [1.29, 1.82) is 0 Å². The van der Waals surface area contributed by atoms with Gasteiger partial charge in [0.05, 0.1) is 5.75 Å². The quantitative estimate of drug-likeness (QED) is 0.467. The zero-order valence-electron chi connectivity index (χ0n) is 13.0. The van der Waals surface area contributed by atoms with E-state index < -0.39 is 0 Å². The van der Waals surface area contributed by atoms with E-state index in [1.54, 1.807) is 12.3 Å². The highest BCUT2D eigenvalue weighted by Crippen LogP contribution is 2.20. The molecule has 0 fully saturated rings. The lowest BCUT2D eigenvalue weighted by Crippen LogP contribution is -2.27. The van der Waals surface area contributed by atoms with E-state index in [9.17, 15) is 4.79 Å². The van der Waals surface area contributed by atoms with Crippen LogP contribution in [0.3, 0.4) is 0 Å². The van der Waals surface area contributed by atoms with E-state index in [1.165, 1.54) is 11.8 Å². The molecule has 0 saturated heterocycles. The monoisotopic (exact) mass is 351 g/mol. The molecule has 0 aliphatic carbocycles. The van der Waals surface area contributed by atoms with Gasteiger partial charge < -0.3 is 10.2 Å². The maximum absolute atomic E-state index is 11.9. The van der Waals surface area contributed by atoms with Crippen LogP contribution in [0.4, 0.5) is 5.82 Å². The fourth-order valence-corrected chi connectivity index (χ4v) is 2.65. The number of halogens is 1. The maximum atomic E-state index is 11.9. The van der Waals surface area contributed by atoms with Crippen molar-refractivity contribution >= 4 is 35.1 Å². The Hall–Kier alpha value is -1.86. The third-order valence-electron chi connectivity index (χ3n) is 2.88. The summed E-state index contributed by atoms with van der Waals surface area (Å²) in [5, 5.41) is 3.70. The van der Waals surface area contributed by atoms with Crippen LogP contribution in [-0.2, 0) is 11.2 Å². The molecular weight excluding hydrogens is 334 g/mol. The molecule has 6 nitrogen and oxygen atoms in total. The van der Waals surface area contributed by atoms with Gasteiger partial charge in [0.15, 0.2) is 5.16 Å². The number of hydrogen-bond donors (Lipinski definition) is 1. The third kappa shape index (κ3) is 6.03. The largest absolute Gasteiger partial charge is 0.363 e. The van der Waals surface area contributed by atoms with Gasteiger partial charge in [0, 0.05) is 45.0 Å². The van der Waals surface area contributed by atoms with Crippen molar-refractivity contribution in [3.05, 3.63) is 41.3 Å². The second kappa shape index (κ2) is 8.69. The Bertz CT molecular complexity index is 654. The summed E-state index contributed by atoms with van der Waals surface area (Å²) in [6.07, 6.45) is 2.45. The molecule has 0 radical (unpaired) electrons. The number of nitrogens with zero attached hydrogens (tertiary/aromatic N) is 4. The summed E-state index contributed by atoms with van der Waals surface area (Å²) < 4.78 is 0. The van der Waals surface area contributed by atoms with Crippen molar-refractivity contribution in [2.75, 3.05) is 31.3 Å². The molecule has 8 heteroatoms. The third-order valence-corrected chi connectivity index (χ3v) is 3.92. The van der Waals surface area contributed by atoms with Crippen LogP contribution in [0.25, 0.3) is 0 Å². The second-order valence-corrected chi connectivity index (χ2v) is 6.27. The van der Waals surface area contributed by atoms with Crippen molar-refractivity contribution < 1.29 is 4.79 Å². The fraction of sp³-hybridized carbons (Fsp3) is 0.333. The minimum atomic E-state index is -0.0686. The molecule has 0 atom stereocenters. The Morgan fingerprint density at radius 3 is 2.87 bits per heavy atom. The molecule has 0 saturated carbocycles. The van der Waals surface area contributed by atoms with Crippen LogP contribution in [0.2, 0.25) is 5.15 Å². The first-order valence-corrected chi connectivity index (χ1v) is 8.42. The molecule has 0 bridgehead atoms. The highest BCUT2D eigenvalue weighted by molar-refractivity contribution is 7.99. The Balaban J connectivity index is 1.78. The Labute approximate surface area is 144 Å². The molecule has 23 heavy (non-hydrogen) atoms. The van der Waals surface area contributed by atoms with Crippen LogP contribution >= 0.6 is 23.4 Å². The van der Waals surface area contributed by atoms with Gasteiger partial charge in [-0.1, -0.05) is 29.4 Å². The first kappa shape index (κ1) is 17.5. The van der Waals surface area contributed by atoms with Crippen molar-refractivity contribution in [2.24, 2.45) is 0 Å². The van der Waals surface area contributed by atoms with Crippen LogP contribution in [0.1, 0.15) is 5.69 Å². The summed E-state index contributed by atoms with van der Waals surface area (Å²) in [6.45, 7) is 0.551. The molecule has 1 amide bonds. The van der Waals surface area contributed by atoms with E-state index in [-0.39, 0.29) is 11.7 Å². The van der Waals surface area contributed by atoms with Crippen LogP contribution in [0.5, 0.6) is 0 Å². The van der Waals surface area contributed by atoms with Gasteiger partial charge in [-0.15, -0.1) is 0 Å². The lowest BCUT2D eigenvalue weighted by atomic mass is 10.3. The Morgan fingerprint density at radius 2 is 2.17 bits per heavy atom. The standard InChI is InChI=1S/C15H18ClN5OS/c1-21(2)13-9-12(16)19-15(20-13)23-10-14(22)18-8-6-11-5-3-4-7-17-11/h3-5,7,9H,6,8,10H2,1-2H3,(H,18,22). The number of rotatable bonds is 7. The Kier molecular flexibility index (Phi) is 6.61. The predicted molar refractivity (Wildman–Crippen MR) is 93.0 cm³/mol. The van der Waals surface area contributed by atoms with E-state index >= 15 is 0 Å². The Morgan fingerprint density at radius 1 is 1.35 bits per heavy atom. The lowest BCUT2D eigenvalue weighted by Gasteiger charge is -2.12. The number of thioether (sulfide) groups is 1. The van der Waals surface area contributed by atoms with Crippen molar-refractivity contribution in [1.82, 2.24) is 20.3 Å². The molecule has 0 spiro atoms. The summed E-state index contributed by atoms with van der Waals surface area (Å²) in [7, 11) is 3.74. The van der Waals surface area contributed by atoms with Crippen LogP contribution < -0.4 is 10.2 Å². The first-order valence-electron chi connectivity index (χ1n) is 7.06. The van der Waals surface area contributed by atoms with Gasteiger partial charge in [-0.25, -0.2) is 9.97 Å². The second-order valence-electron chi connectivity index (χ2n) is 4.94. The average Bonchev–Trinajstić information content (AvgIpc) is 2.53. The molecule has 2 aromatic rings. The minimum Gasteiger partial charge on any atom is -0.363 e. The molecule has 2 heterocycles. The summed E-state index contributed by atoms with van der Waals surface area (Å²) >= 11 is 7.22. The number of aromatic nitrogens is 3. The smallest absolute Gasteiger partial charge is 0.230 e. The number of hydrogen-bond acceptors (Lipinski definition) is 6. The van der Waals surface area contributed by atoms with Crippen LogP contribution in [0, 0.1) is 0 Å². The number of carbonyl (C=O) groups is 1. The lowest BCUT2D eigenvalue weighted by molar-refractivity contribution is -0.118. The topological polar surface area (TPSA) is 71.0 Å². The highest BCUT2D eigenvalue weighted by Gasteiger charge is 2.08. The molecule has 0 aromatic carbocycles. The van der Waals surface area contributed by atoms with Crippen molar-refractivity contribution in [2.45, 2.75) is 11.6 Å². The van der Waals surface area contributed by atoms with Crippen LogP contribution in [0.15, 0.2) is 35.6 Å². The van der Waals surface area contributed by atoms with E-state index in [0.29, 0.717) is 29.1 Å². The zero-order chi connectivity index (χ0) is 16.7. The normalized spacial score (nSPS) is 10.4. The number of carbonyl (C=O) groups excluding carboxylic acids is 1. The number of amides is 1. The van der Waals surface area contributed by atoms with Gasteiger partial charge in [0.2, 0.25) is 5.91 Å². The van der Waals surface area contributed by atoms with E-state index in [1.807, 2.05) is 37.2 Å². The first-order chi connectivity index (χ1) is 11.0. The summed E-state index contributed by atoms with van der Waals surface area (Å²) in [5.74, 6) is 0.888. The number of nitrogens with one attached hydrogen (secondary N) is 1. The summed E-state index contributed by atoms with van der Waals surface area (Å²) in [6, 6.07) is 7.41. The molecule has 2 aromatic heterocycles. The van der Waals surface area contributed by atoms with Gasteiger partial charge in [-0.3, -0.25) is 9.78 Å². The van der Waals surface area contributed by atoms with E-state index in [0.717, 1.165) is 5.69 Å². The van der Waals surface area contributed by atoms with Crippen LogP contribution in [-0.4, -0.2) is 47.3 Å². The predicted octanol–water partition coefficient (Wildman–Crippen LogP) is 2.04. The average molecular weight is 352 g/mol. The zero-order valence-corrected chi connectivity index (χ0v) is 14.6. The molecular formula is C15H18ClN5OS. The molecule has 1 N–H and O–H groups in total.